The van der Waals surface area contributed by atoms with Crippen LogP contribution in [0, 0.1) is 0 Å². The number of carbonyl (C=O) groups is 4. The number of rotatable bonds is 24. The zero-order chi connectivity index (χ0) is 27.2. The molecular weight excluding hydrogens is 475 g/mol. The van der Waals surface area contributed by atoms with E-state index in [0.29, 0.717) is 71.6 Å². The summed E-state index contributed by atoms with van der Waals surface area (Å²) >= 11 is 0. The fraction of sp³-hybridized carbons (Fsp3) is 0.714. The topological polar surface area (TPSA) is 102 Å². The van der Waals surface area contributed by atoms with Gasteiger partial charge >= 0.3 is 0 Å². The summed E-state index contributed by atoms with van der Waals surface area (Å²) in [4.78, 5) is 47.3. The number of unbranched alkanes of at least 4 members (excludes halogenated alkanes) is 6. The Morgan fingerprint density at radius 3 is 1.42 bits per heavy atom. The summed E-state index contributed by atoms with van der Waals surface area (Å²) < 4.78 is 5.76. The standard InChI is InChI=1S/C28H49N2O5P/c1-22(2)25(31)14-10-6-8-12-20-29-27(33)18-16-24(35-36-5)17-19-28(34)30-21-13-9-7-11-15-26(32)23(3)4/h24,36H,1,3,6-21H2,2,4-5H3,(H,29,33)(H,30,34). The van der Waals surface area contributed by atoms with Gasteiger partial charge in [-0.15, -0.1) is 0 Å². The van der Waals surface area contributed by atoms with E-state index in [-0.39, 0.29) is 29.5 Å². The van der Waals surface area contributed by atoms with Gasteiger partial charge in [0.15, 0.2) is 11.6 Å². The van der Waals surface area contributed by atoms with Crippen molar-refractivity contribution in [3.8, 4) is 0 Å². The zero-order valence-corrected chi connectivity index (χ0v) is 23.8. The highest BCUT2D eigenvalue weighted by Crippen LogP contribution is 2.18. The fourth-order valence-corrected chi connectivity index (χ4v) is 4.17. The minimum Gasteiger partial charge on any atom is -0.359 e. The normalized spacial score (nSPS) is 11.1. The van der Waals surface area contributed by atoms with Gasteiger partial charge in [0, 0.05) is 47.6 Å². The molecule has 2 N–H and O–H groups in total. The van der Waals surface area contributed by atoms with E-state index in [1.807, 2.05) is 6.66 Å². The second-order valence-corrected chi connectivity index (χ2v) is 10.1. The first-order valence-electron chi connectivity index (χ1n) is 13.4. The number of amides is 2. The maximum atomic E-state index is 12.1. The summed E-state index contributed by atoms with van der Waals surface area (Å²) in [6, 6.07) is 0. The van der Waals surface area contributed by atoms with Crippen LogP contribution in [-0.4, -0.2) is 49.2 Å². The van der Waals surface area contributed by atoms with E-state index in [1.54, 1.807) is 13.8 Å². The lowest BCUT2D eigenvalue weighted by molar-refractivity contribution is -0.121. The average Bonchev–Trinajstić information content (AvgIpc) is 2.83. The third-order valence-electron chi connectivity index (χ3n) is 5.93. The van der Waals surface area contributed by atoms with Gasteiger partial charge in [-0.3, -0.25) is 19.2 Å². The fourth-order valence-electron chi connectivity index (χ4n) is 3.60. The van der Waals surface area contributed by atoms with Crippen molar-refractivity contribution in [2.75, 3.05) is 19.8 Å². The maximum Gasteiger partial charge on any atom is 0.220 e. The van der Waals surface area contributed by atoms with Crippen molar-refractivity contribution in [1.82, 2.24) is 10.6 Å². The number of Topliss-reactive ketones (excluding diaryl/α,β-unsaturated/α-hetero) is 2. The highest BCUT2D eigenvalue weighted by Gasteiger charge is 2.14. The highest BCUT2D eigenvalue weighted by molar-refractivity contribution is 7.31. The van der Waals surface area contributed by atoms with Crippen LogP contribution in [0.25, 0.3) is 0 Å². The smallest absolute Gasteiger partial charge is 0.220 e. The van der Waals surface area contributed by atoms with Crippen molar-refractivity contribution in [2.45, 2.75) is 110 Å². The Balaban J connectivity index is 3.85. The molecule has 1 unspecified atom stereocenters. The molecule has 1 atom stereocenters. The first kappa shape index (κ1) is 34.1. The number of carbonyl (C=O) groups excluding carboxylic acids is 4. The van der Waals surface area contributed by atoms with E-state index < -0.39 is 0 Å². The molecular formula is C28H49N2O5P. The predicted octanol–water partition coefficient (Wildman–Crippen LogP) is 5.58. The Hall–Kier alpha value is -1.85. The molecule has 0 aliphatic heterocycles. The van der Waals surface area contributed by atoms with Crippen LogP contribution < -0.4 is 10.6 Å². The second kappa shape index (κ2) is 22.4. The third kappa shape index (κ3) is 20.4. The van der Waals surface area contributed by atoms with Crippen molar-refractivity contribution in [1.29, 1.82) is 0 Å². The van der Waals surface area contributed by atoms with E-state index >= 15 is 0 Å². The summed E-state index contributed by atoms with van der Waals surface area (Å²) in [6.07, 6.45) is 10.4. The first-order chi connectivity index (χ1) is 17.2. The summed E-state index contributed by atoms with van der Waals surface area (Å²) in [5.74, 6) is 0.278. The Labute approximate surface area is 220 Å². The van der Waals surface area contributed by atoms with Gasteiger partial charge in [-0.25, -0.2) is 0 Å². The number of ketones is 2. The lowest BCUT2D eigenvalue weighted by Gasteiger charge is -2.16. The number of hydrogen-bond acceptors (Lipinski definition) is 5. The van der Waals surface area contributed by atoms with Crippen LogP contribution in [0.1, 0.15) is 104 Å². The lowest BCUT2D eigenvalue weighted by atomic mass is 10.1. The number of hydrogen-bond donors (Lipinski definition) is 2. The average molecular weight is 525 g/mol. The molecule has 206 valence electrons. The van der Waals surface area contributed by atoms with Gasteiger partial charge in [0.05, 0.1) is 6.10 Å². The van der Waals surface area contributed by atoms with Gasteiger partial charge in [0.2, 0.25) is 11.8 Å². The molecule has 36 heavy (non-hydrogen) atoms. The Kier molecular flexibility index (Phi) is 21.2. The monoisotopic (exact) mass is 524 g/mol. The highest BCUT2D eigenvalue weighted by atomic mass is 31.1. The van der Waals surface area contributed by atoms with Gasteiger partial charge in [-0.1, -0.05) is 38.8 Å². The summed E-state index contributed by atoms with van der Waals surface area (Å²) in [6.45, 7) is 14.0. The van der Waals surface area contributed by atoms with Crippen molar-refractivity contribution in [3.63, 3.8) is 0 Å². The van der Waals surface area contributed by atoms with Crippen molar-refractivity contribution in [3.05, 3.63) is 24.3 Å². The zero-order valence-electron chi connectivity index (χ0n) is 22.8. The van der Waals surface area contributed by atoms with Crippen molar-refractivity contribution in [2.24, 2.45) is 0 Å². The van der Waals surface area contributed by atoms with Gasteiger partial charge < -0.3 is 15.2 Å². The molecule has 0 rings (SSSR count). The molecule has 0 aliphatic carbocycles. The Morgan fingerprint density at radius 2 is 1.06 bits per heavy atom. The van der Waals surface area contributed by atoms with E-state index in [4.69, 9.17) is 4.52 Å². The quantitative estimate of drug-likeness (QED) is 0.0975. The van der Waals surface area contributed by atoms with Crippen LogP contribution in [0.2, 0.25) is 0 Å². The van der Waals surface area contributed by atoms with Crippen molar-refractivity contribution >= 4 is 32.2 Å². The first-order valence-corrected chi connectivity index (χ1v) is 14.8. The van der Waals surface area contributed by atoms with E-state index in [9.17, 15) is 19.2 Å². The van der Waals surface area contributed by atoms with Crippen molar-refractivity contribution < 1.29 is 23.7 Å². The maximum absolute atomic E-state index is 12.1. The molecule has 0 bridgehead atoms. The minimum absolute atomic E-state index is 0.00917. The molecule has 7 nitrogen and oxygen atoms in total. The molecule has 0 aromatic heterocycles. The van der Waals surface area contributed by atoms with E-state index in [2.05, 4.69) is 23.8 Å². The second-order valence-electron chi connectivity index (χ2n) is 9.46. The predicted molar refractivity (Wildman–Crippen MR) is 149 cm³/mol. The number of nitrogens with one attached hydrogen (secondary N) is 2. The molecule has 0 spiro atoms. The van der Waals surface area contributed by atoms with Crippen LogP contribution in [0.3, 0.4) is 0 Å². The molecule has 8 heteroatoms. The van der Waals surface area contributed by atoms with Gasteiger partial charge in [-0.05, 0) is 70.2 Å². The Bertz CT molecular complexity index is 652. The summed E-state index contributed by atoms with van der Waals surface area (Å²) in [5.41, 5.74) is 1.23. The largest absolute Gasteiger partial charge is 0.359 e. The van der Waals surface area contributed by atoms with Crippen LogP contribution in [0.15, 0.2) is 24.3 Å². The molecule has 0 fully saturated rings. The Morgan fingerprint density at radius 1 is 0.667 bits per heavy atom. The van der Waals surface area contributed by atoms with Crippen LogP contribution >= 0.6 is 8.81 Å². The molecule has 0 radical (unpaired) electrons. The lowest BCUT2D eigenvalue weighted by Crippen LogP contribution is -2.27. The van der Waals surface area contributed by atoms with Gasteiger partial charge in [-0.2, -0.15) is 0 Å². The number of allylic oxidation sites excluding steroid dienone is 2. The molecule has 0 aromatic carbocycles. The summed E-state index contributed by atoms with van der Waals surface area (Å²) in [5, 5.41) is 5.90. The van der Waals surface area contributed by atoms with Crippen LogP contribution in [0.4, 0.5) is 0 Å². The molecule has 0 saturated carbocycles. The van der Waals surface area contributed by atoms with Crippen LogP contribution in [-0.2, 0) is 23.7 Å². The molecule has 0 saturated heterocycles. The minimum atomic E-state index is -0.0958. The summed E-state index contributed by atoms with van der Waals surface area (Å²) in [7, 11) is 0.316. The van der Waals surface area contributed by atoms with Crippen LogP contribution in [0.5, 0.6) is 0 Å². The SMILES string of the molecule is C=C(C)C(=O)CCCCCCNC(=O)CCC(CCC(=O)NCCCCCCC(=O)C(=C)C)OPC. The molecule has 0 aromatic rings. The van der Waals surface area contributed by atoms with E-state index in [0.717, 1.165) is 51.4 Å². The third-order valence-corrected chi connectivity index (χ3v) is 6.50. The van der Waals surface area contributed by atoms with Gasteiger partial charge in [0.1, 0.15) is 0 Å². The van der Waals surface area contributed by atoms with Gasteiger partial charge in [0.25, 0.3) is 0 Å². The van der Waals surface area contributed by atoms with E-state index in [1.165, 1.54) is 0 Å². The molecule has 2 amide bonds. The molecule has 0 heterocycles. The molecule has 0 aliphatic rings.